The Hall–Kier alpha value is -2.07. The number of nitrogens with zero attached hydrogens (tertiary/aromatic N) is 2. The maximum absolute atomic E-state index is 12.9. The molecule has 1 aromatic carbocycles. The van der Waals surface area contributed by atoms with Gasteiger partial charge in [-0.3, -0.25) is 22.1 Å². The summed E-state index contributed by atoms with van der Waals surface area (Å²) < 4.78 is 0. The Morgan fingerprint density at radius 3 is 2.31 bits per heavy atom. The Labute approximate surface area is 168 Å². The van der Waals surface area contributed by atoms with Gasteiger partial charge in [0, 0.05) is 19.1 Å². The number of amides is 4. The Morgan fingerprint density at radius 1 is 1.27 bits per heavy atom. The van der Waals surface area contributed by atoms with Gasteiger partial charge in [0.2, 0.25) is 0 Å². The number of urea groups is 2. The fourth-order valence-corrected chi connectivity index (χ4v) is 2.66. The molecule has 0 aromatic heterocycles. The first-order valence-electron chi connectivity index (χ1n) is 8.14. The van der Waals surface area contributed by atoms with E-state index in [1.165, 1.54) is 4.90 Å². The second-order valence-electron chi connectivity index (χ2n) is 6.49. The monoisotopic (exact) mass is 525 g/mol. The summed E-state index contributed by atoms with van der Waals surface area (Å²) in [5, 5.41) is 2.66. The van der Waals surface area contributed by atoms with Crippen LogP contribution in [0.4, 0.5) is 9.59 Å². The minimum Gasteiger partial charge on any atom is -0.440 e. The number of hydrogen-bond acceptors (Lipinski definition) is 3. The molecule has 1 N–H and O–H groups in total. The molecule has 2 rings (SSSR count). The summed E-state index contributed by atoms with van der Waals surface area (Å²) in [7, 11) is 1.63. The molecule has 1 aromatic rings. The quantitative estimate of drug-likeness (QED) is 0.615. The summed E-state index contributed by atoms with van der Waals surface area (Å²) in [5.74, 6) is 0.775. The molecule has 7 heteroatoms. The van der Waals surface area contributed by atoms with E-state index in [1.807, 2.05) is 26.2 Å². The third-order valence-corrected chi connectivity index (χ3v) is 4.26. The van der Waals surface area contributed by atoms with Crippen molar-refractivity contribution in [2.45, 2.75) is 39.8 Å². The molecule has 0 saturated carbocycles. The number of nitrogens with one attached hydrogen (secondary N) is 1. The molecule has 138 valence electrons. The zero-order chi connectivity index (χ0) is 18.7. The molecule has 26 heavy (non-hydrogen) atoms. The van der Waals surface area contributed by atoms with Gasteiger partial charge in [0.15, 0.2) is 0 Å². The predicted octanol–water partition coefficient (Wildman–Crippen LogP) is 3.19. The normalized spacial score (nSPS) is 16.8. The number of allylic oxidation sites excluding steroid dienone is 1. The molecule has 1 aliphatic heterocycles. The van der Waals surface area contributed by atoms with Gasteiger partial charge in [-0.1, -0.05) is 30.3 Å². The second-order valence-corrected chi connectivity index (χ2v) is 6.49. The Bertz CT molecular complexity index is 701. The molecule has 0 fully saturated rings. The van der Waals surface area contributed by atoms with Crippen molar-refractivity contribution >= 4 is 18.3 Å². The minimum absolute atomic E-state index is 0. The van der Waals surface area contributed by atoms with E-state index in [0.29, 0.717) is 11.3 Å². The van der Waals surface area contributed by atoms with E-state index in [9.17, 15) is 14.4 Å². The molecular formula is C19H23N3O3W. The standard InChI is InChI=1S/C19H23N3O3.W/c1-12(2)16-15(11-23)17(14-9-7-6-8-10-14)22(18(24)20-16)19(25)21(5)13(3)4;/h6-10,13,17H,1-5H3,(H,20,24);/q-2;+2. The summed E-state index contributed by atoms with van der Waals surface area (Å²) >= 11 is 0. The van der Waals surface area contributed by atoms with E-state index in [0.717, 1.165) is 10.8 Å². The van der Waals surface area contributed by atoms with Gasteiger partial charge < -0.3 is 15.0 Å². The summed E-state index contributed by atoms with van der Waals surface area (Å²) in [6.45, 7) is 7.31. The molecule has 1 unspecified atom stereocenters. The van der Waals surface area contributed by atoms with Crippen molar-refractivity contribution in [2.24, 2.45) is 0 Å². The van der Waals surface area contributed by atoms with Crippen molar-refractivity contribution in [3.05, 3.63) is 53.1 Å². The molecule has 0 radical (unpaired) electrons. The van der Waals surface area contributed by atoms with Crippen LogP contribution in [-0.4, -0.2) is 41.2 Å². The van der Waals surface area contributed by atoms with E-state index in [1.54, 1.807) is 45.2 Å². The number of benzene rings is 1. The summed E-state index contributed by atoms with van der Waals surface area (Å²) in [4.78, 5) is 39.9. The largest absolute Gasteiger partial charge is 2.00 e. The molecular weight excluding hydrogens is 502 g/mol. The second kappa shape index (κ2) is 9.04. The summed E-state index contributed by atoms with van der Waals surface area (Å²) in [5.41, 5.74) is 1.35. The Kier molecular flexibility index (Phi) is 7.64. The molecule has 1 heterocycles. The van der Waals surface area contributed by atoms with Gasteiger partial charge in [-0.15, -0.1) is 20.1 Å². The average molecular weight is 525 g/mol. The Morgan fingerprint density at radius 2 is 1.85 bits per heavy atom. The van der Waals surface area contributed by atoms with Crippen molar-refractivity contribution < 1.29 is 35.4 Å². The van der Waals surface area contributed by atoms with Gasteiger partial charge >= 0.3 is 33.1 Å². The number of imide groups is 1. The maximum atomic E-state index is 12.9. The third kappa shape index (κ3) is 4.18. The average Bonchev–Trinajstić information content (AvgIpc) is 2.59. The Balaban J connectivity index is 0.00000338. The zero-order valence-corrected chi connectivity index (χ0v) is 18.5. The van der Waals surface area contributed by atoms with Crippen LogP contribution in [0.25, 0.3) is 0 Å². The smallest absolute Gasteiger partial charge is 0.440 e. The number of hydrogen-bond donors (Lipinski definition) is 1. The first kappa shape index (κ1) is 22.0. The van der Waals surface area contributed by atoms with Crippen LogP contribution in [0.2, 0.25) is 0 Å². The van der Waals surface area contributed by atoms with Crippen LogP contribution >= 0.6 is 0 Å². The van der Waals surface area contributed by atoms with E-state index in [-0.39, 0.29) is 32.7 Å². The molecule has 1 atom stereocenters. The van der Waals surface area contributed by atoms with Crippen LogP contribution < -0.4 is 5.32 Å². The SMILES string of the molecule is C[C-](C)C1=C([C-]=O)C(c2ccccc2)N(C(=O)N(C)C(C)C)C(=O)N1.[W+2]. The van der Waals surface area contributed by atoms with Crippen LogP contribution in [0.15, 0.2) is 41.6 Å². The van der Waals surface area contributed by atoms with E-state index >= 15 is 0 Å². The molecule has 0 aliphatic carbocycles. The van der Waals surface area contributed by atoms with Gasteiger partial charge in [0.05, 0.1) is 0 Å². The van der Waals surface area contributed by atoms with Gasteiger partial charge in [-0.05, 0) is 19.4 Å². The van der Waals surface area contributed by atoms with Gasteiger partial charge in [0.25, 0.3) is 0 Å². The number of rotatable bonds is 4. The van der Waals surface area contributed by atoms with E-state index in [4.69, 9.17) is 0 Å². The van der Waals surface area contributed by atoms with Crippen molar-refractivity contribution in [1.82, 2.24) is 15.1 Å². The van der Waals surface area contributed by atoms with Crippen molar-refractivity contribution in [2.75, 3.05) is 7.05 Å². The molecule has 6 nitrogen and oxygen atoms in total. The molecule has 0 bridgehead atoms. The maximum Gasteiger partial charge on any atom is 2.00 e. The molecule has 0 saturated heterocycles. The van der Waals surface area contributed by atoms with Gasteiger partial charge in [0.1, 0.15) is 0 Å². The molecule has 1 aliphatic rings. The van der Waals surface area contributed by atoms with Gasteiger partial charge in [-0.2, -0.15) is 0 Å². The number of carbonyl (C=O) groups is 2. The van der Waals surface area contributed by atoms with Crippen molar-refractivity contribution in [3.63, 3.8) is 0 Å². The predicted molar refractivity (Wildman–Crippen MR) is 95.2 cm³/mol. The number of carbonyl (C=O) groups excluding carboxylic acids is 3. The van der Waals surface area contributed by atoms with E-state index < -0.39 is 18.1 Å². The van der Waals surface area contributed by atoms with E-state index in [2.05, 4.69) is 5.32 Å². The zero-order valence-electron chi connectivity index (χ0n) is 15.6. The fourth-order valence-electron chi connectivity index (χ4n) is 2.66. The molecule has 4 amide bonds. The summed E-state index contributed by atoms with van der Waals surface area (Å²) in [6.07, 6.45) is 1.94. The van der Waals surface area contributed by atoms with Crippen LogP contribution in [-0.2, 0) is 25.9 Å². The first-order chi connectivity index (χ1) is 11.8. The molecule has 0 spiro atoms. The van der Waals surface area contributed by atoms with Crippen molar-refractivity contribution in [3.8, 4) is 0 Å². The topological polar surface area (TPSA) is 69.7 Å². The fraction of sp³-hybridized carbons (Fsp3) is 0.368. The van der Waals surface area contributed by atoms with Crippen LogP contribution in [0.3, 0.4) is 0 Å². The van der Waals surface area contributed by atoms with Crippen molar-refractivity contribution in [1.29, 1.82) is 0 Å². The van der Waals surface area contributed by atoms with Gasteiger partial charge in [-0.25, -0.2) is 9.59 Å². The van der Waals surface area contributed by atoms with Crippen LogP contribution in [0.5, 0.6) is 0 Å². The summed E-state index contributed by atoms with van der Waals surface area (Å²) in [6, 6.07) is 7.10. The van der Waals surface area contributed by atoms with Crippen LogP contribution in [0.1, 0.15) is 39.3 Å². The third-order valence-electron chi connectivity index (χ3n) is 4.26. The minimum atomic E-state index is -0.814. The first-order valence-corrected chi connectivity index (χ1v) is 8.14. The van der Waals surface area contributed by atoms with Crippen LogP contribution in [0, 0.1) is 5.92 Å².